The number of rotatable bonds is 22. The summed E-state index contributed by atoms with van der Waals surface area (Å²) in [6, 6.07) is 0. The van der Waals surface area contributed by atoms with Crippen LogP contribution in [-0.4, -0.2) is 13.1 Å². The van der Waals surface area contributed by atoms with Gasteiger partial charge in [-0.3, -0.25) is 0 Å². The van der Waals surface area contributed by atoms with E-state index in [-0.39, 0.29) is 0 Å². The van der Waals surface area contributed by atoms with Gasteiger partial charge in [0.1, 0.15) is 0 Å². The molecule has 0 unspecified atom stereocenters. The van der Waals surface area contributed by atoms with Crippen molar-refractivity contribution >= 4 is 0 Å². The SMILES string of the molecule is C=CC.CCCCCCCCCCCCNCCCCCCCCCCCC. The summed E-state index contributed by atoms with van der Waals surface area (Å²) in [6.45, 7) is 12.3. The van der Waals surface area contributed by atoms with Gasteiger partial charge in [-0.2, -0.15) is 0 Å². The van der Waals surface area contributed by atoms with E-state index in [0.29, 0.717) is 0 Å². The first-order valence-electron chi connectivity index (χ1n) is 13.1. The first kappa shape index (κ1) is 29.9. The van der Waals surface area contributed by atoms with Crippen LogP contribution >= 0.6 is 0 Å². The smallest absolute Gasteiger partial charge is 0.00489 e. The molecule has 0 fully saturated rings. The minimum atomic E-state index is 1.24. The summed E-state index contributed by atoms with van der Waals surface area (Å²) in [5, 5.41) is 3.64. The highest BCUT2D eigenvalue weighted by Crippen LogP contribution is 2.11. The van der Waals surface area contributed by atoms with Gasteiger partial charge in [-0.05, 0) is 32.9 Å². The molecule has 0 aliphatic rings. The minimum absolute atomic E-state index is 1.24. The summed E-state index contributed by atoms with van der Waals surface area (Å²) in [4.78, 5) is 0. The predicted molar refractivity (Wildman–Crippen MR) is 132 cm³/mol. The quantitative estimate of drug-likeness (QED) is 0.142. The highest BCUT2D eigenvalue weighted by molar-refractivity contribution is 4.53. The van der Waals surface area contributed by atoms with Crippen molar-refractivity contribution in [2.75, 3.05) is 13.1 Å². The molecule has 0 atom stereocenters. The van der Waals surface area contributed by atoms with Crippen LogP contribution in [0.25, 0.3) is 0 Å². The minimum Gasteiger partial charge on any atom is -0.317 e. The van der Waals surface area contributed by atoms with Crippen molar-refractivity contribution in [1.29, 1.82) is 0 Å². The standard InChI is InChI=1S/C24H51N.C3H6/c1-3-5-7-9-11-13-15-17-19-21-23-25-24-22-20-18-16-14-12-10-8-6-4-2;1-3-2/h25H,3-24H2,1-2H3;3H,1H2,2H3. The van der Waals surface area contributed by atoms with E-state index in [1.54, 1.807) is 6.08 Å². The molecule has 0 aromatic carbocycles. The Morgan fingerprint density at radius 2 is 0.679 bits per heavy atom. The maximum atomic E-state index is 3.64. The van der Waals surface area contributed by atoms with E-state index >= 15 is 0 Å². The molecule has 1 heteroatoms. The van der Waals surface area contributed by atoms with Crippen molar-refractivity contribution in [1.82, 2.24) is 5.32 Å². The molecular formula is C27H57N. The van der Waals surface area contributed by atoms with Crippen molar-refractivity contribution in [3.05, 3.63) is 12.7 Å². The lowest BCUT2D eigenvalue weighted by molar-refractivity contribution is 0.525. The zero-order chi connectivity index (χ0) is 21.0. The zero-order valence-electron chi connectivity index (χ0n) is 20.3. The first-order valence-corrected chi connectivity index (χ1v) is 13.1. The van der Waals surface area contributed by atoms with Gasteiger partial charge < -0.3 is 5.32 Å². The van der Waals surface area contributed by atoms with E-state index in [0.717, 1.165) is 0 Å². The summed E-state index contributed by atoms with van der Waals surface area (Å²) < 4.78 is 0. The second kappa shape index (κ2) is 31.4. The van der Waals surface area contributed by atoms with Gasteiger partial charge in [-0.1, -0.05) is 135 Å². The van der Waals surface area contributed by atoms with Crippen LogP contribution in [0.4, 0.5) is 0 Å². The lowest BCUT2D eigenvalue weighted by Crippen LogP contribution is -2.16. The molecule has 0 aromatic rings. The molecule has 0 bridgehead atoms. The van der Waals surface area contributed by atoms with Gasteiger partial charge in [0.25, 0.3) is 0 Å². The molecule has 0 aromatic heterocycles. The van der Waals surface area contributed by atoms with Crippen LogP contribution in [0.5, 0.6) is 0 Å². The Bertz CT molecular complexity index is 227. The van der Waals surface area contributed by atoms with Crippen molar-refractivity contribution in [3.63, 3.8) is 0 Å². The molecule has 0 spiro atoms. The molecule has 1 nitrogen and oxygen atoms in total. The van der Waals surface area contributed by atoms with Crippen LogP contribution in [-0.2, 0) is 0 Å². The molecule has 0 aliphatic carbocycles. The Balaban J connectivity index is 0. The fraction of sp³-hybridized carbons (Fsp3) is 0.926. The van der Waals surface area contributed by atoms with Crippen molar-refractivity contribution in [2.45, 2.75) is 149 Å². The van der Waals surface area contributed by atoms with Gasteiger partial charge in [0, 0.05) is 0 Å². The van der Waals surface area contributed by atoms with Gasteiger partial charge in [-0.15, -0.1) is 6.58 Å². The summed E-state index contributed by atoms with van der Waals surface area (Å²) in [5.41, 5.74) is 0. The third-order valence-electron chi connectivity index (χ3n) is 5.41. The van der Waals surface area contributed by atoms with Crippen LogP contribution in [0.3, 0.4) is 0 Å². The van der Waals surface area contributed by atoms with Crippen LogP contribution in [0.15, 0.2) is 12.7 Å². The fourth-order valence-corrected chi connectivity index (χ4v) is 3.60. The Morgan fingerprint density at radius 3 is 0.929 bits per heavy atom. The lowest BCUT2D eigenvalue weighted by Gasteiger charge is -2.05. The third kappa shape index (κ3) is 33.3. The number of hydrogen-bond donors (Lipinski definition) is 1. The van der Waals surface area contributed by atoms with E-state index < -0.39 is 0 Å². The average molecular weight is 396 g/mol. The van der Waals surface area contributed by atoms with E-state index in [1.165, 1.54) is 142 Å². The van der Waals surface area contributed by atoms with E-state index in [1.807, 2.05) is 6.92 Å². The van der Waals surface area contributed by atoms with E-state index in [9.17, 15) is 0 Å². The molecule has 170 valence electrons. The Kier molecular flexibility index (Phi) is 33.5. The number of unbranched alkanes of at least 4 members (excludes halogenated alkanes) is 18. The van der Waals surface area contributed by atoms with Gasteiger partial charge in [0.15, 0.2) is 0 Å². The molecule has 1 N–H and O–H groups in total. The summed E-state index contributed by atoms with van der Waals surface area (Å²) in [7, 11) is 0. The maximum Gasteiger partial charge on any atom is -0.00489 e. The van der Waals surface area contributed by atoms with Crippen LogP contribution in [0.1, 0.15) is 149 Å². The van der Waals surface area contributed by atoms with Crippen molar-refractivity contribution in [3.8, 4) is 0 Å². The fourth-order valence-electron chi connectivity index (χ4n) is 3.60. The second-order valence-electron chi connectivity index (χ2n) is 8.52. The van der Waals surface area contributed by atoms with Gasteiger partial charge in [-0.25, -0.2) is 0 Å². The molecule has 0 amide bonds. The molecule has 0 rings (SSSR count). The Hall–Kier alpha value is -0.300. The average Bonchev–Trinajstić information content (AvgIpc) is 2.70. The highest BCUT2D eigenvalue weighted by atomic mass is 14.8. The Labute approximate surface area is 180 Å². The van der Waals surface area contributed by atoms with Gasteiger partial charge >= 0.3 is 0 Å². The largest absolute Gasteiger partial charge is 0.317 e. The van der Waals surface area contributed by atoms with Gasteiger partial charge in [0.2, 0.25) is 0 Å². The summed E-state index contributed by atoms with van der Waals surface area (Å²) >= 11 is 0. The highest BCUT2D eigenvalue weighted by Gasteiger charge is 1.94. The van der Waals surface area contributed by atoms with Crippen LogP contribution in [0.2, 0.25) is 0 Å². The zero-order valence-corrected chi connectivity index (χ0v) is 20.3. The predicted octanol–water partition coefficient (Wildman–Crippen LogP) is 9.61. The van der Waals surface area contributed by atoms with E-state index in [2.05, 4.69) is 25.7 Å². The molecule has 0 saturated heterocycles. The van der Waals surface area contributed by atoms with E-state index in [4.69, 9.17) is 0 Å². The first-order chi connectivity index (χ1) is 13.8. The van der Waals surface area contributed by atoms with Crippen molar-refractivity contribution in [2.24, 2.45) is 0 Å². The normalized spacial score (nSPS) is 10.5. The number of nitrogens with one attached hydrogen (secondary N) is 1. The molecule has 0 aliphatic heterocycles. The van der Waals surface area contributed by atoms with Crippen LogP contribution in [0, 0.1) is 0 Å². The lowest BCUT2D eigenvalue weighted by atomic mass is 10.1. The third-order valence-corrected chi connectivity index (χ3v) is 5.41. The van der Waals surface area contributed by atoms with Gasteiger partial charge in [0.05, 0.1) is 0 Å². The number of hydrogen-bond acceptors (Lipinski definition) is 1. The molecule has 0 heterocycles. The summed E-state index contributed by atoms with van der Waals surface area (Å²) in [5.74, 6) is 0. The van der Waals surface area contributed by atoms with Crippen molar-refractivity contribution < 1.29 is 0 Å². The van der Waals surface area contributed by atoms with Crippen LogP contribution < -0.4 is 5.32 Å². The monoisotopic (exact) mass is 395 g/mol. The molecular weight excluding hydrogens is 338 g/mol. The maximum absolute atomic E-state index is 3.64. The summed E-state index contributed by atoms with van der Waals surface area (Å²) in [6.07, 6.45) is 30.5. The molecule has 0 radical (unpaired) electrons. The Morgan fingerprint density at radius 1 is 0.464 bits per heavy atom. The second-order valence-corrected chi connectivity index (χ2v) is 8.52. The number of allylic oxidation sites excluding steroid dienone is 1. The molecule has 0 saturated carbocycles. The topological polar surface area (TPSA) is 12.0 Å². The molecule has 28 heavy (non-hydrogen) atoms.